The fourth-order valence-corrected chi connectivity index (χ4v) is 2.01. The first-order chi connectivity index (χ1) is 10.5. The molecule has 0 aliphatic rings. The normalized spacial score (nSPS) is 10.1. The van der Waals surface area contributed by atoms with Crippen LogP contribution in [0.15, 0.2) is 42.5 Å². The van der Waals surface area contributed by atoms with Crippen LogP contribution in [0.2, 0.25) is 10.0 Å². The average molecular weight is 341 g/mol. The van der Waals surface area contributed by atoms with Gasteiger partial charge in [0.15, 0.2) is 6.61 Å². The molecular weight excluding hydrogens is 331 g/mol. The van der Waals surface area contributed by atoms with Crippen LogP contribution >= 0.6 is 23.2 Å². The standard InChI is InChI=1S/C14H10Cl2N2O4/c15-10-6-5-9(7-12(10)18(20)21)17-14(19)8-22-13-4-2-1-3-11(13)16/h1-7H,8H2,(H,17,19). The summed E-state index contributed by atoms with van der Waals surface area (Å²) in [6.45, 7) is -0.278. The molecular formula is C14H10Cl2N2O4. The molecule has 1 N–H and O–H groups in total. The Morgan fingerprint density at radius 1 is 1.18 bits per heavy atom. The monoisotopic (exact) mass is 340 g/mol. The van der Waals surface area contributed by atoms with Crippen LogP contribution in [-0.2, 0) is 4.79 Å². The van der Waals surface area contributed by atoms with Crippen LogP contribution in [0.25, 0.3) is 0 Å². The molecule has 0 bridgehead atoms. The molecule has 0 aliphatic heterocycles. The van der Waals surface area contributed by atoms with Gasteiger partial charge >= 0.3 is 0 Å². The molecule has 0 atom stereocenters. The first kappa shape index (κ1) is 16.1. The number of nitrogens with one attached hydrogen (secondary N) is 1. The van der Waals surface area contributed by atoms with Gasteiger partial charge in [-0.05, 0) is 24.3 Å². The first-order valence-corrected chi connectivity index (χ1v) is 6.84. The van der Waals surface area contributed by atoms with Crippen LogP contribution in [0.5, 0.6) is 5.75 Å². The Morgan fingerprint density at radius 2 is 1.91 bits per heavy atom. The highest BCUT2D eigenvalue weighted by molar-refractivity contribution is 6.32. The molecule has 0 heterocycles. The molecule has 0 aromatic heterocycles. The van der Waals surface area contributed by atoms with Crippen LogP contribution in [-0.4, -0.2) is 17.4 Å². The van der Waals surface area contributed by atoms with Gasteiger partial charge in [-0.15, -0.1) is 0 Å². The van der Waals surface area contributed by atoms with Gasteiger partial charge < -0.3 is 10.1 Å². The number of nitro benzene ring substituents is 1. The third-order valence-electron chi connectivity index (χ3n) is 2.62. The zero-order chi connectivity index (χ0) is 16.1. The highest BCUT2D eigenvalue weighted by Crippen LogP contribution is 2.27. The fourth-order valence-electron chi connectivity index (χ4n) is 1.63. The molecule has 2 aromatic rings. The number of amides is 1. The molecule has 0 spiro atoms. The second kappa shape index (κ2) is 7.11. The van der Waals surface area contributed by atoms with E-state index in [9.17, 15) is 14.9 Å². The molecule has 1 amide bonds. The summed E-state index contributed by atoms with van der Waals surface area (Å²) >= 11 is 11.6. The van der Waals surface area contributed by atoms with Gasteiger partial charge in [-0.1, -0.05) is 35.3 Å². The largest absolute Gasteiger partial charge is 0.482 e. The van der Waals surface area contributed by atoms with Gasteiger partial charge in [0.2, 0.25) is 0 Å². The molecule has 8 heteroatoms. The number of hydrogen-bond donors (Lipinski definition) is 1. The van der Waals surface area contributed by atoms with E-state index in [1.165, 1.54) is 18.2 Å². The van der Waals surface area contributed by atoms with Gasteiger partial charge in [-0.2, -0.15) is 0 Å². The molecule has 22 heavy (non-hydrogen) atoms. The van der Waals surface area contributed by atoms with Gasteiger partial charge in [0.05, 0.1) is 9.95 Å². The highest BCUT2D eigenvalue weighted by atomic mass is 35.5. The number of nitrogens with zero attached hydrogens (tertiary/aromatic N) is 1. The average Bonchev–Trinajstić information content (AvgIpc) is 2.48. The minimum atomic E-state index is -0.627. The van der Waals surface area contributed by atoms with Crippen LogP contribution < -0.4 is 10.1 Å². The second-order valence-electron chi connectivity index (χ2n) is 4.19. The van der Waals surface area contributed by atoms with Crippen molar-refractivity contribution < 1.29 is 14.5 Å². The van der Waals surface area contributed by atoms with Crippen molar-refractivity contribution in [3.8, 4) is 5.75 Å². The van der Waals surface area contributed by atoms with E-state index in [0.29, 0.717) is 10.8 Å². The van der Waals surface area contributed by atoms with Gasteiger partial charge in [0, 0.05) is 11.8 Å². The lowest BCUT2D eigenvalue weighted by molar-refractivity contribution is -0.384. The Hall–Kier alpha value is -2.31. The van der Waals surface area contributed by atoms with E-state index in [1.807, 2.05) is 0 Å². The number of carbonyl (C=O) groups excluding carboxylic acids is 1. The SMILES string of the molecule is O=C(COc1ccccc1Cl)Nc1ccc(Cl)c([N+](=O)[O-])c1. The number of anilines is 1. The summed E-state index contributed by atoms with van der Waals surface area (Å²) in [5.41, 5.74) is -0.0321. The van der Waals surface area contributed by atoms with Gasteiger partial charge in [0.25, 0.3) is 11.6 Å². The maximum Gasteiger partial charge on any atom is 0.289 e. The quantitative estimate of drug-likeness (QED) is 0.660. The summed E-state index contributed by atoms with van der Waals surface area (Å²) in [5.74, 6) is -0.0991. The predicted octanol–water partition coefficient (Wildman–Crippen LogP) is 3.92. The third-order valence-corrected chi connectivity index (χ3v) is 3.25. The maximum atomic E-state index is 11.8. The Balaban J connectivity index is 1.99. The number of halogens is 2. The van der Waals surface area contributed by atoms with Gasteiger partial charge in [0.1, 0.15) is 10.8 Å². The molecule has 0 saturated carbocycles. The summed E-state index contributed by atoms with van der Waals surface area (Å²) in [5, 5.41) is 13.6. The maximum absolute atomic E-state index is 11.8. The Morgan fingerprint density at radius 3 is 2.59 bits per heavy atom. The molecule has 6 nitrogen and oxygen atoms in total. The summed E-state index contributed by atoms with van der Waals surface area (Å²) in [6, 6.07) is 10.7. The predicted molar refractivity (Wildman–Crippen MR) is 83.7 cm³/mol. The molecule has 0 radical (unpaired) electrons. The lowest BCUT2D eigenvalue weighted by Crippen LogP contribution is -2.20. The van der Waals surface area contributed by atoms with Crippen molar-refractivity contribution in [1.29, 1.82) is 0 Å². The molecule has 0 fully saturated rings. The number of para-hydroxylation sites is 1. The van der Waals surface area contributed by atoms with E-state index in [-0.39, 0.29) is 23.0 Å². The number of ether oxygens (including phenoxy) is 1. The third kappa shape index (κ3) is 4.09. The minimum Gasteiger partial charge on any atom is -0.482 e. The van der Waals surface area contributed by atoms with Crippen molar-refractivity contribution in [3.05, 3.63) is 62.6 Å². The molecule has 0 unspecified atom stereocenters. The number of benzene rings is 2. The van der Waals surface area contributed by atoms with Crippen molar-refractivity contribution >= 4 is 40.5 Å². The Kier molecular flexibility index (Phi) is 5.19. The van der Waals surface area contributed by atoms with E-state index in [0.717, 1.165) is 0 Å². The molecule has 0 aliphatic carbocycles. The number of hydrogen-bond acceptors (Lipinski definition) is 4. The molecule has 114 valence electrons. The van der Waals surface area contributed by atoms with Gasteiger partial charge in [-0.3, -0.25) is 14.9 Å². The molecule has 2 rings (SSSR count). The van der Waals surface area contributed by atoms with E-state index in [1.54, 1.807) is 24.3 Å². The summed E-state index contributed by atoms with van der Waals surface area (Å²) in [4.78, 5) is 21.9. The molecule has 2 aromatic carbocycles. The van der Waals surface area contributed by atoms with Gasteiger partial charge in [-0.25, -0.2) is 0 Å². The highest BCUT2D eigenvalue weighted by Gasteiger charge is 2.14. The topological polar surface area (TPSA) is 81.5 Å². The fraction of sp³-hybridized carbons (Fsp3) is 0.0714. The first-order valence-electron chi connectivity index (χ1n) is 6.08. The lowest BCUT2D eigenvalue weighted by Gasteiger charge is -2.08. The summed E-state index contributed by atoms with van der Waals surface area (Å²) in [7, 11) is 0. The zero-order valence-corrected chi connectivity index (χ0v) is 12.6. The van der Waals surface area contributed by atoms with Crippen molar-refractivity contribution in [2.75, 3.05) is 11.9 Å². The van der Waals surface area contributed by atoms with Crippen molar-refractivity contribution in [2.45, 2.75) is 0 Å². The second-order valence-corrected chi connectivity index (χ2v) is 5.00. The van der Waals surface area contributed by atoms with Crippen LogP contribution in [0, 0.1) is 10.1 Å². The van der Waals surface area contributed by atoms with E-state index in [4.69, 9.17) is 27.9 Å². The Bertz CT molecular complexity index is 722. The summed E-state index contributed by atoms with van der Waals surface area (Å²) in [6.07, 6.45) is 0. The minimum absolute atomic E-state index is 0.00434. The number of carbonyl (C=O) groups is 1. The number of rotatable bonds is 5. The van der Waals surface area contributed by atoms with E-state index >= 15 is 0 Å². The van der Waals surface area contributed by atoms with Crippen LogP contribution in [0.3, 0.4) is 0 Å². The van der Waals surface area contributed by atoms with E-state index in [2.05, 4.69) is 5.32 Å². The smallest absolute Gasteiger partial charge is 0.289 e. The number of nitro groups is 1. The Labute approximate surface area is 135 Å². The van der Waals surface area contributed by atoms with E-state index < -0.39 is 10.8 Å². The lowest BCUT2D eigenvalue weighted by atomic mass is 10.3. The summed E-state index contributed by atoms with van der Waals surface area (Å²) < 4.78 is 5.27. The van der Waals surface area contributed by atoms with Crippen molar-refractivity contribution in [1.82, 2.24) is 0 Å². The van der Waals surface area contributed by atoms with Crippen LogP contribution in [0.1, 0.15) is 0 Å². The zero-order valence-electron chi connectivity index (χ0n) is 11.1. The molecule has 0 saturated heterocycles. The van der Waals surface area contributed by atoms with Crippen molar-refractivity contribution in [3.63, 3.8) is 0 Å². The van der Waals surface area contributed by atoms with Crippen LogP contribution in [0.4, 0.5) is 11.4 Å². The van der Waals surface area contributed by atoms with Crippen molar-refractivity contribution in [2.24, 2.45) is 0 Å².